The van der Waals surface area contributed by atoms with Crippen molar-refractivity contribution < 1.29 is 33.4 Å². The van der Waals surface area contributed by atoms with E-state index in [9.17, 15) is 24.0 Å². The highest BCUT2D eigenvalue weighted by Gasteiger charge is 2.42. The zero-order valence-electron chi connectivity index (χ0n) is 39.1. The van der Waals surface area contributed by atoms with Gasteiger partial charge in [-0.1, -0.05) is 83.5 Å². The molecule has 1 saturated heterocycles. The van der Waals surface area contributed by atoms with Gasteiger partial charge in [-0.25, -0.2) is 0 Å². The number of hydrogen-bond acceptors (Lipinski definition) is 9. The summed E-state index contributed by atoms with van der Waals surface area (Å²) < 4.78 is 12.0. The first-order valence-electron chi connectivity index (χ1n) is 22.6. The van der Waals surface area contributed by atoms with Crippen molar-refractivity contribution in [1.29, 1.82) is 0 Å². The standard InChI is InChI=1S/C48H77N7O7/c1-11-33(4)44(54(8)42(56)26-21-32(2)3)41(61-9)30-43(57)55-28-16-20-40(55)45(62-10)34(5)46(58)53-39(29-35-17-13-12-14-18-35)47(59)51-31-36-22-24-37(25-23-36)52-48(60)38(50-7)19-15-27-49-6/h12-14,17-18,22-25,32-34,38-41,44-45,49-50H,11,15-16,19-21,26-31H2,1-10H3,(H,51,59)(H,52,60)(H,53,58). The van der Waals surface area contributed by atoms with Gasteiger partial charge in [0.2, 0.25) is 29.5 Å². The Morgan fingerprint density at radius 1 is 0.855 bits per heavy atom. The van der Waals surface area contributed by atoms with Crippen LogP contribution in [0.1, 0.15) is 97.1 Å². The van der Waals surface area contributed by atoms with Crippen LogP contribution in [-0.2, 0) is 46.4 Å². The highest BCUT2D eigenvalue weighted by Crippen LogP contribution is 2.30. The Morgan fingerprint density at radius 3 is 2.15 bits per heavy atom. The molecule has 2 aromatic carbocycles. The summed E-state index contributed by atoms with van der Waals surface area (Å²) in [4.78, 5) is 71.8. The van der Waals surface area contributed by atoms with Gasteiger partial charge >= 0.3 is 0 Å². The zero-order chi connectivity index (χ0) is 45.8. The van der Waals surface area contributed by atoms with Gasteiger partial charge in [0.25, 0.3) is 0 Å². The molecule has 346 valence electrons. The SMILES string of the molecule is CCC(C)C(C(CC(=O)N1CCCC1C(OC)C(C)C(=O)NC(Cc1ccccc1)C(=O)NCc1ccc(NC(=O)C(CCCNC)NC)cc1)OC)N(C)C(=O)CCC(C)C. The van der Waals surface area contributed by atoms with E-state index in [-0.39, 0.29) is 73.0 Å². The van der Waals surface area contributed by atoms with Crippen LogP contribution in [0.5, 0.6) is 0 Å². The summed E-state index contributed by atoms with van der Waals surface area (Å²) in [6.45, 7) is 11.7. The minimum absolute atomic E-state index is 0.0434. The molecule has 3 rings (SSSR count). The van der Waals surface area contributed by atoms with Crippen LogP contribution < -0.4 is 26.6 Å². The molecule has 2 aromatic rings. The molecule has 1 aliphatic rings. The summed E-state index contributed by atoms with van der Waals surface area (Å²) in [6, 6.07) is 15.0. The quantitative estimate of drug-likeness (QED) is 0.0784. The average Bonchev–Trinajstić information content (AvgIpc) is 3.76. The molecule has 0 saturated carbocycles. The lowest BCUT2D eigenvalue weighted by Crippen LogP contribution is -2.55. The summed E-state index contributed by atoms with van der Waals surface area (Å²) in [6.07, 6.45) is 4.24. The van der Waals surface area contributed by atoms with Gasteiger partial charge in [0.05, 0.1) is 42.7 Å². The Balaban J connectivity index is 1.71. The molecule has 0 aromatic heterocycles. The van der Waals surface area contributed by atoms with Crippen molar-refractivity contribution in [3.05, 3.63) is 65.7 Å². The predicted octanol–water partition coefficient (Wildman–Crippen LogP) is 4.91. The van der Waals surface area contributed by atoms with E-state index in [2.05, 4.69) is 54.3 Å². The first-order chi connectivity index (χ1) is 29.7. The number of hydrogen-bond donors (Lipinski definition) is 5. The number of likely N-dealkylation sites (tertiary alicyclic amines) is 1. The van der Waals surface area contributed by atoms with Crippen molar-refractivity contribution in [2.24, 2.45) is 17.8 Å². The molecule has 1 fully saturated rings. The molecule has 14 heteroatoms. The molecule has 1 heterocycles. The molecular weight excluding hydrogens is 787 g/mol. The molecule has 0 bridgehead atoms. The van der Waals surface area contributed by atoms with Crippen LogP contribution in [0.2, 0.25) is 0 Å². The molecule has 5 N–H and O–H groups in total. The van der Waals surface area contributed by atoms with E-state index in [0.29, 0.717) is 37.4 Å². The molecule has 0 aliphatic carbocycles. The van der Waals surface area contributed by atoms with E-state index in [1.165, 1.54) is 0 Å². The monoisotopic (exact) mass is 864 g/mol. The lowest BCUT2D eigenvalue weighted by atomic mass is 9.90. The minimum Gasteiger partial charge on any atom is -0.379 e. The second-order valence-electron chi connectivity index (χ2n) is 17.3. The molecule has 0 radical (unpaired) electrons. The lowest BCUT2D eigenvalue weighted by Gasteiger charge is -2.39. The fraction of sp³-hybridized carbons (Fsp3) is 0.646. The normalized spacial score (nSPS) is 17.3. The van der Waals surface area contributed by atoms with Crippen LogP contribution in [0.3, 0.4) is 0 Å². The number of amides is 5. The maximum absolute atomic E-state index is 14.2. The number of ether oxygens (including phenoxy) is 2. The lowest BCUT2D eigenvalue weighted by molar-refractivity contribution is -0.146. The number of anilines is 1. The van der Waals surface area contributed by atoms with Gasteiger partial charge in [-0.2, -0.15) is 0 Å². The molecule has 0 spiro atoms. The fourth-order valence-corrected chi connectivity index (χ4v) is 8.41. The van der Waals surface area contributed by atoms with Gasteiger partial charge in [-0.15, -0.1) is 0 Å². The second kappa shape index (κ2) is 27.0. The number of methoxy groups -OCH3 is 2. The maximum Gasteiger partial charge on any atom is 0.243 e. The Labute approximate surface area is 371 Å². The third-order valence-electron chi connectivity index (χ3n) is 12.4. The van der Waals surface area contributed by atoms with Crippen LogP contribution in [0.15, 0.2) is 54.6 Å². The summed E-state index contributed by atoms with van der Waals surface area (Å²) in [5.74, 6) is -1.07. The van der Waals surface area contributed by atoms with E-state index in [4.69, 9.17) is 9.47 Å². The van der Waals surface area contributed by atoms with Crippen molar-refractivity contribution in [3.8, 4) is 0 Å². The number of rotatable bonds is 27. The number of benzene rings is 2. The first kappa shape index (κ1) is 52.0. The molecule has 8 unspecified atom stereocenters. The van der Waals surface area contributed by atoms with Crippen LogP contribution in [0.25, 0.3) is 0 Å². The Bertz CT molecular complexity index is 1680. The topological polar surface area (TPSA) is 170 Å². The van der Waals surface area contributed by atoms with Gasteiger partial charge < -0.3 is 45.9 Å². The molecule has 8 atom stereocenters. The van der Waals surface area contributed by atoms with Crippen LogP contribution >= 0.6 is 0 Å². The van der Waals surface area contributed by atoms with Gasteiger partial charge in [0.1, 0.15) is 6.04 Å². The van der Waals surface area contributed by atoms with E-state index < -0.39 is 24.2 Å². The van der Waals surface area contributed by atoms with E-state index in [0.717, 1.165) is 43.4 Å². The average molecular weight is 864 g/mol. The van der Waals surface area contributed by atoms with Crippen LogP contribution in [0, 0.1) is 17.8 Å². The van der Waals surface area contributed by atoms with Crippen molar-refractivity contribution in [2.45, 2.75) is 135 Å². The Morgan fingerprint density at radius 2 is 1.55 bits per heavy atom. The predicted molar refractivity (Wildman–Crippen MR) is 245 cm³/mol. The van der Waals surface area contributed by atoms with Gasteiger partial charge in [0, 0.05) is 52.9 Å². The van der Waals surface area contributed by atoms with Crippen molar-refractivity contribution in [1.82, 2.24) is 31.1 Å². The van der Waals surface area contributed by atoms with Gasteiger partial charge in [-0.05, 0) is 87.8 Å². The number of carbonyl (C=O) groups excluding carboxylic acids is 5. The number of likely N-dealkylation sites (N-methyl/N-ethyl adjacent to an activating group) is 2. The fourth-order valence-electron chi connectivity index (χ4n) is 8.41. The van der Waals surface area contributed by atoms with Gasteiger partial charge in [-0.3, -0.25) is 24.0 Å². The highest BCUT2D eigenvalue weighted by atomic mass is 16.5. The molecular formula is C48H77N7O7. The van der Waals surface area contributed by atoms with Crippen molar-refractivity contribution in [2.75, 3.05) is 53.8 Å². The zero-order valence-corrected chi connectivity index (χ0v) is 39.1. The minimum atomic E-state index is -0.883. The van der Waals surface area contributed by atoms with Crippen molar-refractivity contribution >= 4 is 35.2 Å². The summed E-state index contributed by atoms with van der Waals surface area (Å²) in [5.41, 5.74) is 2.37. The number of nitrogens with one attached hydrogen (secondary N) is 5. The first-order valence-corrected chi connectivity index (χ1v) is 22.6. The second-order valence-corrected chi connectivity index (χ2v) is 17.3. The molecule has 5 amide bonds. The summed E-state index contributed by atoms with van der Waals surface area (Å²) >= 11 is 0. The Kier molecular flexibility index (Phi) is 22.6. The third-order valence-corrected chi connectivity index (χ3v) is 12.4. The molecule has 1 aliphatic heterocycles. The van der Waals surface area contributed by atoms with Gasteiger partial charge in [0.15, 0.2) is 0 Å². The van der Waals surface area contributed by atoms with E-state index in [1.807, 2.05) is 61.5 Å². The maximum atomic E-state index is 14.2. The highest BCUT2D eigenvalue weighted by molar-refractivity contribution is 5.94. The third kappa shape index (κ3) is 15.8. The Hall–Kier alpha value is -4.37. The van der Waals surface area contributed by atoms with Crippen molar-refractivity contribution in [3.63, 3.8) is 0 Å². The molecule has 14 nitrogen and oxygen atoms in total. The number of nitrogens with zero attached hydrogens (tertiary/aromatic N) is 2. The number of carbonyl (C=O) groups is 5. The molecule has 62 heavy (non-hydrogen) atoms. The summed E-state index contributed by atoms with van der Waals surface area (Å²) in [5, 5.41) is 15.1. The van der Waals surface area contributed by atoms with Crippen LogP contribution in [-0.4, -0.2) is 124 Å². The van der Waals surface area contributed by atoms with E-state index >= 15 is 0 Å². The van der Waals surface area contributed by atoms with Crippen LogP contribution in [0.4, 0.5) is 5.69 Å². The smallest absolute Gasteiger partial charge is 0.243 e. The van der Waals surface area contributed by atoms with E-state index in [1.54, 1.807) is 45.2 Å². The largest absolute Gasteiger partial charge is 0.379 e. The summed E-state index contributed by atoms with van der Waals surface area (Å²) in [7, 11) is 8.63.